The number of hydrogen-bond acceptors (Lipinski definition) is 4. The van der Waals surface area contributed by atoms with Crippen molar-refractivity contribution in [3.63, 3.8) is 0 Å². The number of ether oxygens (including phenoxy) is 1. The first-order valence-corrected chi connectivity index (χ1v) is 9.30. The van der Waals surface area contributed by atoms with Crippen molar-refractivity contribution in [1.82, 2.24) is 19.7 Å². The minimum Gasteiger partial charge on any atom is -0.488 e. The third kappa shape index (κ3) is 4.03. The van der Waals surface area contributed by atoms with E-state index in [0.29, 0.717) is 24.4 Å². The van der Waals surface area contributed by atoms with Crippen molar-refractivity contribution >= 4 is 5.91 Å². The smallest absolute Gasteiger partial charge is 0.257 e. The molecule has 2 aromatic carbocycles. The number of carbonyl (C=O) groups is 1. The summed E-state index contributed by atoms with van der Waals surface area (Å²) in [7, 11) is 0. The summed E-state index contributed by atoms with van der Waals surface area (Å²) < 4.78 is 20.8. The van der Waals surface area contributed by atoms with Gasteiger partial charge in [-0.3, -0.25) is 4.79 Å². The van der Waals surface area contributed by atoms with Crippen molar-refractivity contribution in [2.45, 2.75) is 25.5 Å². The van der Waals surface area contributed by atoms with Crippen molar-refractivity contribution in [3.8, 4) is 5.75 Å². The van der Waals surface area contributed by atoms with E-state index < -0.39 is 0 Å². The maximum Gasteiger partial charge on any atom is 0.257 e. The molecule has 3 aromatic rings. The average Bonchev–Trinajstić information content (AvgIpc) is 3.28. The number of likely N-dealkylation sites (tertiary alicyclic amines) is 1. The minimum absolute atomic E-state index is 0.0354. The normalized spacial score (nSPS) is 14.8. The number of halogens is 1. The molecule has 1 fully saturated rings. The summed E-state index contributed by atoms with van der Waals surface area (Å²) in [4.78, 5) is 18.9. The van der Waals surface area contributed by atoms with Crippen LogP contribution in [0.3, 0.4) is 0 Å². The molecule has 1 amide bonds. The number of piperidine rings is 1. The number of hydrogen-bond donors (Lipinski definition) is 0. The lowest BCUT2D eigenvalue weighted by Gasteiger charge is -2.32. The molecule has 7 heteroatoms. The molecule has 2 heterocycles. The molecule has 1 saturated heterocycles. The molecule has 0 atom stereocenters. The highest BCUT2D eigenvalue weighted by Crippen LogP contribution is 2.26. The molecule has 0 unspecified atom stereocenters. The lowest BCUT2D eigenvalue weighted by molar-refractivity contribution is 0.0685. The quantitative estimate of drug-likeness (QED) is 0.680. The highest BCUT2D eigenvalue weighted by Gasteiger charge is 2.26. The van der Waals surface area contributed by atoms with Crippen molar-refractivity contribution in [2.75, 3.05) is 13.1 Å². The van der Waals surface area contributed by atoms with Gasteiger partial charge >= 0.3 is 0 Å². The predicted octanol–water partition coefficient (Wildman–Crippen LogP) is 3.47. The van der Waals surface area contributed by atoms with Gasteiger partial charge in [-0.15, -0.1) is 0 Å². The Bertz CT molecular complexity index is 920. The van der Waals surface area contributed by atoms with Gasteiger partial charge in [0.2, 0.25) is 0 Å². The monoisotopic (exact) mass is 380 g/mol. The Labute approximate surface area is 162 Å². The summed E-state index contributed by atoms with van der Waals surface area (Å²) in [5.74, 6) is 0.218. The van der Waals surface area contributed by atoms with E-state index in [-0.39, 0.29) is 24.4 Å². The summed E-state index contributed by atoms with van der Waals surface area (Å²) in [6.07, 6.45) is 4.94. The molecule has 0 N–H and O–H groups in total. The second kappa shape index (κ2) is 8.21. The second-order valence-electron chi connectivity index (χ2n) is 6.81. The molecule has 0 spiro atoms. The molecule has 6 nitrogen and oxygen atoms in total. The lowest BCUT2D eigenvalue weighted by Crippen LogP contribution is -2.39. The number of amides is 1. The zero-order chi connectivity index (χ0) is 19.3. The molecular formula is C21H21FN4O2. The third-order valence-corrected chi connectivity index (χ3v) is 4.99. The van der Waals surface area contributed by atoms with Crippen LogP contribution in [0.15, 0.2) is 61.2 Å². The Morgan fingerprint density at radius 3 is 2.57 bits per heavy atom. The maximum atomic E-state index is 13.0. The Morgan fingerprint density at radius 2 is 1.86 bits per heavy atom. The van der Waals surface area contributed by atoms with Gasteiger partial charge < -0.3 is 9.64 Å². The molecule has 0 saturated carbocycles. The van der Waals surface area contributed by atoms with E-state index in [0.717, 1.165) is 18.4 Å². The van der Waals surface area contributed by atoms with Gasteiger partial charge in [0.25, 0.3) is 5.91 Å². The first kappa shape index (κ1) is 18.2. The summed E-state index contributed by atoms with van der Waals surface area (Å²) in [6.45, 7) is 1.60. The SMILES string of the molecule is O=C(c1ccccc1OCc1ccc(F)cc1)N1CCC(n2cncn2)CC1. The van der Waals surface area contributed by atoms with Gasteiger partial charge in [0.05, 0.1) is 11.6 Å². The Hall–Kier alpha value is -3.22. The first-order valence-electron chi connectivity index (χ1n) is 9.30. The number of aromatic nitrogens is 3. The molecule has 0 radical (unpaired) electrons. The topological polar surface area (TPSA) is 60.2 Å². The molecule has 1 aromatic heterocycles. The van der Waals surface area contributed by atoms with Crippen LogP contribution in [0.4, 0.5) is 4.39 Å². The van der Waals surface area contributed by atoms with Gasteiger partial charge in [-0.25, -0.2) is 14.1 Å². The molecular weight excluding hydrogens is 359 g/mol. The molecule has 144 valence electrons. The van der Waals surface area contributed by atoms with Crippen LogP contribution >= 0.6 is 0 Å². The van der Waals surface area contributed by atoms with Gasteiger partial charge in [0, 0.05) is 13.1 Å². The van der Waals surface area contributed by atoms with Crippen molar-refractivity contribution in [2.24, 2.45) is 0 Å². The van der Waals surface area contributed by atoms with Gasteiger partial charge in [-0.1, -0.05) is 24.3 Å². The number of benzene rings is 2. The van der Waals surface area contributed by atoms with Gasteiger partial charge in [-0.2, -0.15) is 5.10 Å². The number of nitrogens with zero attached hydrogens (tertiary/aromatic N) is 4. The maximum absolute atomic E-state index is 13.0. The fourth-order valence-corrected chi connectivity index (χ4v) is 3.42. The van der Waals surface area contributed by atoms with Crippen LogP contribution in [0.5, 0.6) is 5.75 Å². The fourth-order valence-electron chi connectivity index (χ4n) is 3.42. The Kier molecular flexibility index (Phi) is 5.32. The first-order chi connectivity index (χ1) is 13.7. The summed E-state index contributed by atoms with van der Waals surface area (Å²) >= 11 is 0. The summed E-state index contributed by atoms with van der Waals surface area (Å²) in [5, 5.41) is 4.20. The van der Waals surface area contributed by atoms with Crippen LogP contribution in [0, 0.1) is 5.82 Å². The highest BCUT2D eigenvalue weighted by molar-refractivity contribution is 5.97. The van der Waals surface area contributed by atoms with Crippen LogP contribution in [-0.4, -0.2) is 38.7 Å². The third-order valence-electron chi connectivity index (χ3n) is 4.99. The minimum atomic E-state index is -0.284. The molecule has 1 aliphatic heterocycles. The zero-order valence-electron chi connectivity index (χ0n) is 15.4. The van der Waals surface area contributed by atoms with Crippen LogP contribution in [-0.2, 0) is 6.61 Å². The lowest BCUT2D eigenvalue weighted by atomic mass is 10.0. The van der Waals surface area contributed by atoms with E-state index in [9.17, 15) is 9.18 Å². The van der Waals surface area contributed by atoms with Gasteiger partial charge in [0.1, 0.15) is 30.8 Å². The molecule has 1 aliphatic rings. The van der Waals surface area contributed by atoms with Crippen LogP contribution in [0.1, 0.15) is 34.8 Å². The van der Waals surface area contributed by atoms with Gasteiger partial charge in [0.15, 0.2) is 0 Å². The molecule has 0 aliphatic carbocycles. The second-order valence-corrected chi connectivity index (χ2v) is 6.81. The van der Waals surface area contributed by atoms with E-state index in [2.05, 4.69) is 10.1 Å². The number of para-hydroxylation sites is 1. The van der Waals surface area contributed by atoms with Crippen molar-refractivity contribution in [1.29, 1.82) is 0 Å². The summed E-state index contributed by atoms with van der Waals surface area (Å²) in [5.41, 5.74) is 1.39. The molecule has 4 rings (SSSR count). The van der Waals surface area contributed by atoms with E-state index in [1.165, 1.54) is 18.5 Å². The number of carbonyl (C=O) groups excluding carboxylic acids is 1. The fraction of sp³-hybridized carbons (Fsp3) is 0.286. The molecule has 0 bridgehead atoms. The van der Waals surface area contributed by atoms with Crippen LogP contribution in [0.2, 0.25) is 0 Å². The van der Waals surface area contributed by atoms with E-state index in [1.54, 1.807) is 30.6 Å². The Balaban J connectivity index is 1.41. The largest absolute Gasteiger partial charge is 0.488 e. The van der Waals surface area contributed by atoms with Crippen LogP contribution in [0.25, 0.3) is 0 Å². The Morgan fingerprint density at radius 1 is 1.11 bits per heavy atom. The highest BCUT2D eigenvalue weighted by atomic mass is 19.1. The summed E-state index contributed by atoms with van der Waals surface area (Å²) in [6, 6.07) is 13.7. The number of rotatable bonds is 5. The van der Waals surface area contributed by atoms with E-state index in [4.69, 9.17) is 4.74 Å². The van der Waals surface area contributed by atoms with Crippen molar-refractivity contribution < 1.29 is 13.9 Å². The molecule has 28 heavy (non-hydrogen) atoms. The predicted molar refractivity (Wildman–Crippen MR) is 101 cm³/mol. The average molecular weight is 380 g/mol. The van der Waals surface area contributed by atoms with Gasteiger partial charge in [-0.05, 0) is 42.7 Å². The van der Waals surface area contributed by atoms with E-state index >= 15 is 0 Å². The zero-order valence-corrected chi connectivity index (χ0v) is 15.4. The van der Waals surface area contributed by atoms with Crippen molar-refractivity contribution in [3.05, 3.63) is 78.1 Å². The van der Waals surface area contributed by atoms with E-state index in [1.807, 2.05) is 21.7 Å². The standard InChI is InChI=1S/C21H21FN4O2/c22-17-7-5-16(6-8-17)13-28-20-4-2-1-3-19(20)21(27)25-11-9-18(10-12-25)26-15-23-14-24-26/h1-8,14-15,18H,9-13H2. The van der Waals surface area contributed by atoms with Crippen LogP contribution < -0.4 is 4.74 Å².